The molecule has 1 aromatic heterocycles. The van der Waals surface area contributed by atoms with Gasteiger partial charge in [0.05, 0.1) is 12.4 Å². The number of rotatable bonds is 3. The zero-order valence-corrected chi connectivity index (χ0v) is 11.1. The minimum absolute atomic E-state index is 0.152. The molecule has 9 heteroatoms. The second-order valence-corrected chi connectivity index (χ2v) is 4.43. The van der Waals surface area contributed by atoms with Crippen molar-refractivity contribution >= 4 is 17.9 Å². The number of carbonyl (C=O) groups excluding carboxylic acids is 1. The highest BCUT2D eigenvalue weighted by molar-refractivity contribution is 5.87. The number of piperazine rings is 1. The number of nitrogens with zero attached hydrogens (tertiary/aromatic N) is 5. The van der Waals surface area contributed by atoms with Gasteiger partial charge < -0.3 is 10.0 Å². The molecule has 1 atom stereocenters. The molecular formula is C11H16N6O3. The number of carboxylic acid groups (broad SMARTS) is 1. The van der Waals surface area contributed by atoms with Crippen LogP contribution in [0.4, 0.5) is 10.7 Å². The molecule has 2 rings (SSSR count). The smallest absolute Gasteiger partial charge is 0.324 e. The summed E-state index contributed by atoms with van der Waals surface area (Å²) >= 11 is 0. The van der Waals surface area contributed by atoms with E-state index < -0.39 is 12.0 Å². The lowest BCUT2D eigenvalue weighted by Crippen LogP contribution is -2.54. The first-order chi connectivity index (χ1) is 9.58. The lowest BCUT2D eigenvalue weighted by molar-refractivity contribution is -0.143. The molecule has 1 aliphatic heterocycles. The quantitative estimate of drug-likeness (QED) is 0.767. The highest BCUT2D eigenvalue weighted by Gasteiger charge is 2.27. The molecule has 0 bridgehead atoms. The number of aliphatic carboxylic acids is 1. The Balaban J connectivity index is 1.84. The highest BCUT2D eigenvalue weighted by Crippen LogP contribution is 2.08. The summed E-state index contributed by atoms with van der Waals surface area (Å²) in [5, 5.41) is 18.8. The maximum absolute atomic E-state index is 12.0. The first kappa shape index (κ1) is 14.1. The minimum Gasteiger partial charge on any atom is -0.480 e. The van der Waals surface area contributed by atoms with E-state index in [0.29, 0.717) is 26.2 Å². The van der Waals surface area contributed by atoms with Crippen LogP contribution >= 0.6 is 0 Å². The SMILES string of the molecule is CC(C(=O)O)N1CCN(C(=O)Nc2nccnn2)CC1. The van der Waals surface area contributed by atoms with Crippen LogP contribution in [0.25, 0.3) is 0 Å². The lowest BCUT2D eigenvalue weighted by atomic mass is 10.2. The molecule has 108 valence electrons. The molecule has 1 unspecified atom stereocenters. The molecule has 0 aromatic carbocycles. The van der Waals surface area contributed by atoms with E-state index in [9.17, 15) is 9.59 Å². The van der Waals surface area contributed by atoms with Crippen molar-refractivity contribution in [3.8, 4) is 0 Å². The van der Waals surface area contributed by atoms with Crippen molar-refractivity contribution in [3.05, 3.63) is 12.4 Å². The van der Waals surface area contributed by atoms with Crippen molar-refractivity contribution in [1.29, 1.82) is 0 Å². The number of hydrogen-bond acceptors (Lipinski definition) is 6. The van der Waals surface area contributed by atoms with Gasteiger partial charge in [-0.25, -0.2) is 9.78 Å². The summed E-state index contributed by atoms with van der Waals surface area (Å²) in [6, 6.07) is -0.845. The third-order valence-corrected chi connectivity index (χ3v) is 3.21. The summed E-state index contributed by atoms with van der Waals surface area (Å²) in [5.41, 5.74) is 0. The number of amides is 2. The molecule has 1 saturated heterocycles. The van der Waals surface area contributed by atoms with E-state index in [1.807, 2.05) is 4.90 Å². The van der Waals surface area contributed by atoms with Crippen LogP contribution in [0.3, 0.4) is 0 Å². The van der Waals surface area contributed by atoms with E-state index in [1.54, 1.807) is 11.8 Å². The molecule has 1 aromatic rings. The van der Waals surface area contributed by atoms with Crippen LogP contribution in [0.15, 0.2) is 12.4 Å². The monoisotopic (exact) mass is 280 g/mol. The average molecular weight is 280 g/mol. The topological polar surface area (TPSA) is 112 Å². The van der Waals surface area contributed by atoms with E-state index in [4.69, 9.17) is 5.11 Å². The number of carbonyl (C=O) groups is 2. The zero-order chi connectivity index (χ0) is 14.5. The Bertz CT molecular complexity index is 474. The number of aromatic nitrogens is 3. The predicted octanol–water partition coefficient (Wildman–Crippen LogP) is -0.506. The average Bonchev–Trinajstić information content (AvgIpc) is 2.47. The molecule has 0 aliphatic carbocycles. The standard InChI is InChI=1S/C11H16N6O3/c1-8(9(18)19)16-4-6-17(7-5-16)11(20)14-10-12-2-3-13-15-10/h2-3,8H,4-7H2,1H3,(H,18,19)(H,12,14,15,20). The van der Waals surface area contributed by atoms with Gasteiger partial charge in [-0.15, -0.1) is 5.10 Å². The van der Waals surface area contributed by atoms with Crippen molar-refractivity contribution in [1.82, 2.24) is 25.0 Å². The van der Waals surface area contributed by atoms with Crippen molar-refractivity contribution in [2.75, 3.05) is 31.5 Å². The van der Waals surface area contributed by atoms with E-state index >= 15 is 0 Å². The summed E-state index contributed by atoms with van der Waals surface area (Å²) in [6.45, 7) is 3.61. The molecular weight excluding hydrogens is 264 g/mol. The fraction of sp³-hybridized carbons (Fsp3) is 0.545. The Hall–Kier alpha value is -2.29. The molecule has 1 fully saturated rings. The molecule has 0 saturated carbocycles. The predicted molar refractivity (Wildman–Crippen MR) is 69.1 cm³/mol. The zero-order valence-electron chi connectivity index (χ0n) is 11.1. The Morgan fingerprint density at radius 2 is 2.00 bits per heavy atom. The van der Waals surface area contributed by atoms with Gasteiger partial charge in [-0.2, -0.15) is 5.10 Å². The van der Waals surface area contributed by atoms with Gasteiger partial charge in [-0.05, 0) is 6.92 Å². The van der Waals surface area contributed by atoms with Crippen molar-refractivity contribution in [3.63, 3.8) is 0 Å². The fourth-order valence-electron chi connectivity index (χ4n) is 1.95. The van der Waals surface area contributed by atoms with E-state index in [1.165, 1.54) is 12.4 Å². The Morgan fingerprint density at radius 3 is 2.55 bits per heavy atom. The van der Waals surface area contributed by atoms with Gasteiger partial charge in [-0.3, -0.25) is 15.0 Å². The molecule has 9 nitrogen and oxygen atoms in total. The second kappa shape index (κ2) is 6.24. The summed E-state index contributed by atoms with van der Waals surface area (Å²) in [5.74, 6) is -0.703. The molecule has 2 heterocycles. The molecule has 0 radical (unpaired) electrons. The third kappa shape index (κ3) is 3.38. The number of carboxylic acids is 1. The van der Waals surface area contributed by atoms with Gasteiger partial charge in [0.1, 0.15) is 6.04 Å². The summed E-state index contributed by atoms with van der Waals surface area (Å²) < 4.78 is 0. The Morgan fingerprint density at radius 1 is 1.30 bits per heavy atom. The van der Waals surface area contributed by atoms with Crippen molar-refractivity contribution in [2.45, 2.75) is 13.0 Å². The van der Waals surface area contributed by atoms with Crippen molar-refractivity contribution in [2.24, 2.45) is 0 Å². The van der Waals surface area contributed by atoms with Gasteiger partial charge in [-0.1, -0.05) is 0 Å². The van der Waals surface area contributed by atoms with Gasteiger partial charge in [0.25, 0.3) is 5.95 Å². The van der Waals surface area contributed by atoms with Gasteiger partial charge in [0.2, 0.25) is 0 Å². The fourth-order valence-corrected chi connectivity index (χ4v) is 1.95. The number of hydrogen-bond donors (Lipinski definition) is 2. The Labute approximate surface area is 115 Å². The minimum atomic E-state index is -0.855. The van der Waals surface area contributed by atoms with E-state index in [2.05, 4.69) is 20.5 Å². The molecule has 2 amide bonds. The van der Waals surface area contributed by atoms with Crippen LogP contribution in [0, 0.1) is 0 Å². The van der Waals surface area contributed by atoms with Gasteiger partial charge in [0.15, 0.2) is 0 Å². The largest absolute Gasteiger partial charge is 0.480 e. The maximum atomic E-state index is 12.0. The van der Waals surface area contributed by atoms with Gasteiger partial charge >= 0.3 is 12.0 Å². The highest BCUT2D eigenvalue weighted by atomic mass is 16.4. The van der Waals surface area contributed by atoms with Crippen LogP contribution < -0.4 is 5.32 Å². The molecule has 1 aliphatic rings. The number of urea groups is 1. The number of nitrogens with one attached hydrogen (secondary N) is 1. The lowest BCUT2D eigenvalue weighted by Gasteiger charge is -2.36. The first-order valence-corrected chi connectivity index (χ1v) is 6.24. The summed E-state index contributed by atoms with van der Waals surface area (Å²) in [7, 11) is 0. The third-order valence-electron chi connectivity index (χ3n) is 3.21. The van der Waals surface area contributed by atoms with Crippen LogP contribution in [0.1, 0.15) is 6.92 Å². The van der Waals surface area contributed by atoms with Crippen LogP contribution in [0.2, 0.25) is 0 Å². The van der Waals surface area contributed by atoms with Crippen molar-refractivity contribution < 1.29 is 14.7 Å². The Kier molecular flexibility index (Phi) is 4.41. The van der Waals surface area contributed by atoms with Gasteiger partial charge in [0, 0.05) is 26.2 Å². The summed E-state index contributed by atoms with van der Waals surface area (Å²) in [4.78, 5) is 30.1. The van der Waals surface area contributed by atoms with Crippen LogP contribution in [0.5, 0.6) is 0 Å². The second-order valence-electron chi connectivity index (χ2n) is 4.43. The number of anilines is 1. The van der Waals surface area contributed by atoms with E-state index in [0.717, 1.165) is 0 Å². The molecule has 20 heavy (non-hydrogen) atoms. The molecule has 2 N–H and O–H groups in total. The normalized spacial score (nSPS) is 17.6. The van der Waals surface area contributed by atoms with E-state index in [-0.39, 0.29) is 12.0 Å². The summed E-state index contributed by atoms with van der Waals surface area (Å²) in [6.07, 6.45) is 2.86. The van der Waals surface area contributed by atoms with Crippen LogP contribution in [-0.2, 0) is 4.79 Å². The van der Waals surface area contributed by atoms with Crippen LogP contribution in [-0.4, -0.2) is 74.3 Å². The first-order valence-electron chi connectivity index (χ1n) is 6.24. The molecule has 0 spiro atoms. The maximum Gasteiger partial charge on any atom is 0.324 e.